The highest BCUT2D eigenvalue weighted by Crippen LogP contribution is 2.18. The third-order valence-corrected chi connectivity index (χ3v) is 3.79. The molecule has 9 nitrogen and oxygen atoms in total. The number of methoxy groups -OCH3 is 1. The summed E-state index contributed by atoms with van der Waals surface area (Å²) in [5, 5.41) is 9.04. The van der Waals surface area contributed by atoms with Crippen LogP contribution in [0, 0.1) is 5.92 Å². The Morgan fingerprint density at radius 2 is 1.52 bits per heavy atom. The Kier molecular flexibility index (Phi) is 9.26. The van der Waals surface area contributed by atoms with Gasteiger partial charge in [-0.3, -0.25) is 14.5 Å². The van der Waals surface area contributed by atoms with Gasteiger partial charge in [-0.1, -0.05) is 13.8 Å². The summed E-state index contributed by atoms with van der Waals surface area (Å²) in [5.74, 6) is -2.58. The molecule has 2 unspecified atom stereocenters. The fourth-order valence-electron chi connectivity index (χ4n) is 2.40. The Morgan fingerprint density at radius 1 is 1.00 bits per heavy atom. The summed E-state index contributed by atoms with van der Waals surface area (Å²) in [7, 11) is 3.88. The van der Waals surface area contributed by atoms with Crippen LogP contribution in [0.3, 0.4) is 0 Å². The van der Waals surface area contributed by atoms with Crippen molar-refractivity contribution in [3.8, 4) is 0 Å². The standard InChI is InChI=1S/C18H32N2O7/c1-11(2)9-12(20(7)17(25)27-18(3,4)5)15(23)19(6)13(10-14(21)22)16(24)26-8/h11-13H,9-10H2,1-8H3,(H,21,22). The van der Waals surface area contributed by atoms with Crippen molar-refractivity contribution >= 4 is 23.9 Å². The number of hydrogen-bond donors (Lipinski definition) is 1. The van der Waals surface area contributed by atoms with Crippen molar-refractivity contribution in [3.63, 3.8) is 0 Å². The number of carboxylic acids is 1. The highest BCUT2D eigenvalue weighted by molar-refractivity contribution is 5.91. The molecule has 0 bridgehead atoms. The van der Waals surface area contributed by atoms with Gasteiger partial charge in [0.15, 0.2) is 0 Å². The molecule has 0 saturated carbocycles. The first-order valence-electron chi connectivity index (χ1n) is 8.73. The second-order valence-corrected chi connectivity index (χ2v) is 7.82. The minimum absolute atomic E-state index is 0.0632. The number of rotatable bonds is 8. The van der Waals surface area contributed by atoms with Gasteiger partial charge >= 0.3 is 18.0 Å². The number of amides is 2. The van der Waals surface area contributed by atoms with Gasteiger partial charge < -0.3 is 19.5 Å². The molecule has 0 aliphatic heterocycles. The lowest BCUT2D eigenvalue weighted by Crippen LogP contribution is -2.54. The molecule has 156 valence electrons. The largest absolute Gasteiger partial charge is 0.481 e. The summed E-state index contributed by atoms with van der Waals surface area (Å²) in [6.45, 7) is 8.91. The van der Waals surface area contributed by atoms with E-state index in [0.29, 0.717) is 6.42 Å². The molecule has 0 radical (unpaired) electrons. The summed E-state index contributed by atoms with van der Waals surface area (Å²) in [6.07, 6.45) is -0.956. The van der Waals surface area contributed by atoms with Gasteiger partial charge in [-0.05, 0) is 33.1 Å². The third kappa shape index (κ3) is 8.27. The number of nitrogens with zero attached hydrogens (tertiary/aromatic N) is 2. The third-order valence-electron chi connectivity index (χ3n) is 3.79. The maximum atomic E-state index is 13.0. The Hall–Kier alpha value is -2.32. The molecule has 0 aromatic rings. The van der Waals surface area contributed by atoms with Gasteiger partial charge in [0.25, 0.3) is 0 Å². The Balaban J connectivity index is 5.64. The van der Waals surface area contributed by atoms with Crippen LogP contribution in [-0.4, -0.2) is 77.7 Å². The number of aliphatic carboxylic acids is 1. The van der Waals surface area contributed by atoms with Gasteiger partial charge in [0.1, 0.15) is 17.7 Å². The average Bonchev–Trinajstić information content (AvgIpc) is 2.52. The highest BCUT2D eigenvalue weighted by Gasteiger charge is 2.37. The van der Waals surface area contributed by atoms with Crippen LogP contribution in [0.2, 0.25) is 0 Å². The molecule has 2 amide bonds. The van der Waals surface area contributed by atoms with E-state index >= 15 is 0 Å². The quantitative estimate of drug-likeness (QED) is 0.630. The summed E-state index contributed by atoms with van der Waals surface area (Å²) < 4.78 is 9.93. The van der Waals surface area contributed by atoms with Crippen LogP contribution in [0.5, 0.6) is 0 Å². The normalized spacial score (nSPS) is 13.5. The zero-order chi connectivity index (χ0) is 21.5. The number of hydrogen-bond acceptors (Lipinski definition) is 6. The minimum atomic E-state index is -1.29. The summed E-state index contributed by atoms with van der Waals surface area (Å²) >= 11 is 0. The van der Waals surface area contributed by atoms with Crippen LogP contribution < -0.4 is 0 Å². The second-order valence-electron chi connectivity index (χ2n) is 7.82. The van der Waals surface area contributed by atoms with E-state index in [1.807, 2.05) is 13.8 Å². The number of carboxylic acid groups (broad SMARTS) is 1. The molecule has 0 aliphatic carbocycles. The molecule has 0 rings (SSSR count). The molecule has 1 N–H and O–H groups in total. The molecule has 0 saturated heterocycles. The Morgan fingerprint density at radius 3 is 1.89 bits per heavy atom. The van der Waals surface area contributed by atoms with Crippen molar-refractivity contribution in [1.29, 1.82) is 0 Å². The number of carbonyl (C=O) groups excluding carboxylic acids is 3. The maximum Gasteiger partial charge on any atom is 0.410 e. The fourth-order valence-corrected chi connectivity index (χ4v) is 2.40. The van der Waals surface area contributed by atoms with E-state index in [4.69, 9.17) is 9.84 Å². The van der Waals surface area contributed by atoms with Gasteiger partial charge in [0.05, 0.1) is 13.5 Å². The molecule has 0 spiro atoms. The van der Waals surface area contributed by atoms with E-state index in [1.165, 1.54) is 19.0 Å². The monoisotopic (exact) mass is 388 g/mol. The van der Waals surface area contributed by atoms with Gasteiger partial charge in [-0.25, -0.2) is 9.59 Å². The van der Waals surface area contributed by atoms with Crippen LogP contribution in [0.1, 0.15) is 47.5 Å². The summed E-state index contributed by atoms with van der Waals surface area (Å²) in [6, 6.07) is -2.20. The number of esters is 1. The maximum absolute atomic E-state index is 13.0. The number of ether oxygens (including phenoxy) is 2. The lowest BCUT2D eigenvalue weighted by molar-refractivity contribution is -0.157. The Labute approximate surface area is 160 Å². The van der Waals surface area contributed by atoms with E-state index in [-0.39, 0.29) is 5.92 Å². The zero-order valence-corrected chi connectivity index (χ0v) is 17.4. The first-order valence-corrected chi connectivity index (χ1v) is 8.73. The van der Waals surface area contributed by atoms with E-state index in [1.54, 1.807) is 20.8 Å². The van der Waals surface area contributed by atoms with Crippen molar-refractivity contribution in [1.82, 2.24) is 9.80 Å². The van der Waals surface area contributed by atoms with Crippen LogP contribution in [0.15, 0.2) is 0 Å². The van der Waals surface area contributed by atoms with Crippen LogP contribution in [-0.2, 0) is 23.9 Å². The summed E-state index contributed by atoms with van der Waals surface area (Å²) in [4.78, 5) is 50.6. The molecular formula is C18H32N2O7. The molecule has 2 atom stereocenters. The molecule has 0 fully saturated rings. The summed E-state index contributed by atoms with van der Waals surface area (Å²) in [5.41, 5.74) is -0.736. The molecule has 0 heterocycles. The SMILES string of the molecule is COC(=O)C(CC(=O)O)N(C)C(=O)C(CC(C)C)N(C)C(=O)OC(C)(C)C. The van der Waals surface area contributed by atoms with Crippen molar-refractivity contribution < 1.29 is 33.8 Å². The number of likely N-dealkylation sites (N-methyl/N-ethyl adjacent to an activating group) is 2. The van der Waals surface area contributed by atoms with Crippen LogP contribution in [0.25, 0.3) is 0 Å². The van der Waals surface area contributed by atoms with E-state index < -0.39 is 48.0 Å². The average molecular weight is 388 g/mol. The molecular weight excluding hydrogens is 356 g/mol. The second kappa shape index (κ2) is 10.1. The zero-order valence-electron chi connectivity index (χ0n) is 17.4. The lowest BCUT2D eigenvalue weighted by atomic mass is 10.0. The van der Waals surface area contributed by atoms with Gasteiger partial charge in [0, 0.05) is 14.1 Å². The van der Waals surface area contributed by atoms with E-state index in [2.05, 4.69) is 4.74 Å². The van der Waals surface area contributed by atoms with Crippen LogP contribution in [0.4, 0.5) is 4.79 Å². The van der Waals surface area contributed by atoms with Gasteiger partial charge in [0.2, 0.25) is 5.91 Å². The Bertz CT molecular complexity index is 554. The molecule has 0 aromatic heterocycles. The highest BCUT2D eigenvalue weighted by atomic mass is 16.6. The van der Waals surface area contributed by atoms with Crippen LogP contribution >= 0.6 is 0 Å². The molecule has 9 heteroatoms. The van der Waals surface area contributed by atoms with Crippen molar-refractivity contribution in [2.24, 2.45) is 5.92 Å². The first-order chi connectivity index (χ1) is 12.2. The topological polar surface area (TPSA) is 113 Å². The molecule has 0 aromatic carbocycles. The lowest BCUT2D eigenvalue weighted by Gasteiger charge is -2.35. The minimum Gasteiger partial charge on any atom is -0.481 e. The van der Waals surface area contributed by atoms with Crippen molar-refractivity contribution in [2.45, 2.75) is 65.1 Å². The van der Waals surface area contributed by atoms with Gasteiger partial charge in [-0.15, -0.1) is 0 Å². The van der Waals surface area contributed by atoms with E-state index in [0.717, 1.165) is 12.0 Å². The smallest absolute Gasteiger partial charge is 0.410 e. The molecule has 27 heavy (non-hydrogen) atoms. The predicted molar refractivity (Wildman–Crippen MR) is 98.1 cm³/mol. The van der Waals surface area contributed by atoms with Crippen molar-refractivity contribution in [3.05, 3.63) is 0 Å². The van der Waals surface area contributed by atoms with Gasteiger partial charge in [-0.2, -0.15) is 0 Å². The van der Waals surface area contributed by atoms with Crippen molar-refractivity contribution in [2.75, 3.05) is 21.2 Å². The number of carbonyl (C=O) groups is 4. The van der Waals surface area contributed by atoms with E-state index in [9.17, 15) is 19.2 Å². The predicted octanol–water partition coefficient (Wildman–Crippen LogP) is 1.74. The molecule has 0 aliphatic rings. The first kappa shape index (κ1) is 24.7. The fraction of sp³-hybridized carbons (Fsp3) is 0.778.